The molecule has 0 aliphatic heterocycles. The van der Waals surface area contributed by atoms with Crippen molar-refractivity contribution in [2.75, 3.05) is 11.9 Å². The van der Waals surface area contributed by atoms with Gasteiger partial charge in [0.2, 0.25) is 0 Å². The van der Waals surface area contributed by atoms with Gasteiger partial charge >= 0.3 is 0 Å². The fourth-order valence-corrected chi connectivity index (χ4v) is 3.05. The summed E-state index contributed by atoms with van der Waals surface area (Å²) >= 11 is 3.39. The van der Waals surface area contributed by atoms with Crippen LogP contribution in [0.25, 0.3) is 6.08 Å². The number of non-ortho nitro benzene ring substituents is 1. The number of nitrogens with zero attached hydrogens (tertiary/aromatic N) is 2. The minimum Gasteiger partial charge on any atom is -0.493 e. The van der Waals surface area contributed by atoms with Gasteiger partial charge in [0.25, 0.3) is 11.6 Å². The van der Waals surface area contributed by atoms with Crippen LogP contribution in [0.2, 0.25) is 0 Å². The van der Waals surface area contributed by atoms with Crippen molar-refractivity contribution in [2.45, 2.75) is 32.6 Å². The lowest BCUT2D eigenvalue weighted by atomic mass is 10.1. The highest BCUT2D eigenvalue weighted by Gasteiger charge is 2.14. The third-order valence-electron chi connectivity index (χ3n) is 4.21. The average Bonchev–Trinajstić information content (AvgIpc) is 2.73. The number of halogens is 1. The maximum Gasteiger partial charge on any atom is 0.271 e. The van der Waals surface area contributed by atoms with Gasteiger partial charge in [-0.25, -0.2) is 0 Å². The Morgan fingerprint density at radius 3 is 2.77 bits per heavy atom. The molecule has 0 aliphatic carbocycles. The molecule has 0 saturated heterocycles. The van der Waals surface area contributed by atoms with E-state index in [1.165, 1.54) is 30.3 Å². The van der Waals surface area contributed by atoms with Crippen molar-refractivity contribution in [1.29, 1.82) is 5.26 Å². The lowest BCUT2D eigenvalue weighted by molar-refractivity contribution is -0.384. The van der Waals surface area contributed by atoms with E-state index in [9.17, 15) is 20.2 Å². The summed E-state index contributed by atoms with van der Waals surface area (Å²) in [6, 6.07) is 12.8. The van der Waals surface area contributed by atoms with E-state index in [-0.39, 0.29) is 16.9 Å². The number of benzene rings is 2. The quantitative estimate of drug-likeness (QED) is 0.153. The van der Waals surface area contributed by atoms with Crippen molar-refractivity contribution in [3.8, 4) is 11.8 Å². The fourth-order valence-electron chi connectivity index (χ4n) is 2.67. The smallest absolute Gasteiger partial charge is 0.271 e. The van der Waals surface area contributed by atoms with E-state index < -0.39 is 10.8 Å². The summed E-state index contributed by atoms with van der Waals surface area (Å²) in [7, 11) is 0. The first-order valence-electron chi connectivity index (χ1n) is 9.54. The van der Waals surface area contributed by atoms with Crippen LogP contribution in [-0.4, -0.2) is 17.4 Å². The Morgan fingerprint density at radius 2 is 2.07 bits per heavy atom. The highest BCUT2D eigenvalue weighted by Crippen LogP contribution is 2.26. The second kappa shape index (κ2) is 11.7. The number of carbonyl (C=O) groups is 1. The second-order valence-corrected chi connectivity index (χ2v) is 7.44. The molecule has 1 amide bonds. The molecule has 156 valence electrons. The van der Waals surface area contributed by atoms with Crippen LogP contribution in [0, 0.1) is 21.4 Å². The molecular formula is C22H22BrN3O4. The molecule has 2 aromatic carbocycles. The lowest BCUT2D eigenvalue weighted by Gasteiger charge is -2.10. The molecule has 0 saturated carbocycles. The highest BCUT2D eigenvalue weighted by atomic mass is 79.9. The Labute approximate surface area is 183 Å². The average molecular weight is 472 g/mol. The molecule has 0 heterocycles. The number of ether oxygens (including phenoxy) is 1. The van der Waals surface area contributed by atoms with E-state index in [0.29, 0.717) is 17.9 Å². The summed E-state index contributed by atoms with van der Waals surface area (Å²) in [5.41, 5.74) is 0.527. The molecule has 0 unspecified atom stereocenters. The molecule has 0 aliphatic rings. The van der Waals surface area contributed by atoms with Gasteiger partial charge in [0.1, 0.15) is 17.4 Å². The molecule has 0 spiro atoms. The normalized spacial score (nSPS) is 10.9. The van der Waals surface area contributed by atoms with Gasteiger partial charge in [-0.05, 0) is 36.8 Å². The minimum absolute atomic E-state index is 0.143. The van der Waals surface area contributed by atoms with Crippen LogP contribution in [0.1, 0.15) is 38.2 Å². The minimum atomic E-state index is -0.660. The molecule has 2 aromatic rings. The van der Waals surface area contributed by atoms with E-state index in [2.05, 4.69) is 28.2 Å². The number of hydrogen-bond acceptors (Lipinski definition) is 5. The van der Waals surface area contributed by atoms with Crippen LogP contribution < -0.4 is 10.1 Å². The second-order valence-electron chi connectivity index (χ2n) is 6.52. The first-order chi connectivity index (χ1) is 14.4. The SMILES string of the molecule is CCCCCCOc1ccc(Br)cc1C=C(C#N)C(=O)Nc1cccc([N+](=O)[O-])c1. The number of hydrogen-bond donors (Lipinski definition) is 1. The van der Waals surface area contributed by atoms with Gasteiger partial charge in [-0.1, -0.05) is 48.2 Å². The number of anilines is 1. The van der Waals surface area contributed by atoms with E-state index in [0.717, 1.165) is 30.2 Å². The number of nitrogens with one attached hydrogen (secondary N) is 1. The highest BCUT2D eigenvalue weighted by molar-refractivity contribution is 9.10. The summed E-state index contributed by atoms with van der Waals surface area (Å²) in [5, 5.41) is 22.9. The number of nitro benzene ring substituents is 1. The van der Waals surface area contributed by atoms with Crippen LogP contribution in [-0.2, 0) is 4.79 Å². The zero-order valence-corrected chi connectivity index (χ0v) is 18.1. The van der Waals surface area contributed by atoms with E-state index >= 15 is 0 Å². The standard InChI is InChI=1S/C22H22BrN3O4/c1-2-3-4-5-11-30-21-10-9-18(23)13-16(21)12-17(15-24)22(27)25-19-7-6-8-20(14-19)26(28)29/h6-10,12-14H,2-5,11H2,1H3,(H,25,27). The molecule has 30 heavy (non-hydrogen) atoms. The monoisotopic (exact) mass is 471 g/mol. The van der Waals surface area contributed by atoms with Gasteiger partial charge in [-0.15, -0.1) is 0 Å². The fraction of sp³-hybridized carbons (Fsp3) is 0.273. The molecule has 7 nitrogen and oxygen atoms in total. The van der Waals surface area contributed by atoms with Crippen molar-refractivity contribution < 1.29 is 14.5 Å². The molecule has 8 heteroatoms. The predicted molar refractivity (Wildman–Crippen MR) is 119 cm³/mol. The zero-order valence-electron chi connectivity index (χ0n) is 16.6. The number of amides is 1. The Bertz CT molecular complexity index is 983. The van der Waals surface area contributed by atoms with Crippen molar-refractivity contribution in [1.82, 2.24) is 0 Å². The molecule has 0 fully saturated rings. The topological polar surface area (TPSA) is 105 Å². The maximum atomic E-state index is 12.5. The summed E-state index contributed by atoms with van der Waals surface area (Å²) in [6.45, 7) is 2.69. The van der Waals surface area contributed by atoms with E-state index in [4.69, 9.17) is 4.74 Å². The van der Waals surface area contributed by atoms with Crippen LogP contribution in [0.15, 0.2) is 52.5 Å². The zero-order chi connectivity index (χ0) is 21.9. The molecule has 0 bridgehead atoms. The Morgan fingerprint density at radius 1 is 1.27 bits per heavy atom. The van der Waals surface area contributed by atoms with Crippen molar-refractivity contribution in [2.24, 2.45) is 0 Å². The number of rotatable bonds is 10. The summed E-state index contributed by atoms with van der Waals surface area (Å²) < 4.78 is 6.62. The maximum absolute atomic E-state index is 12.5. The van der Waals surface area contributed by atoms with Crippen molar-refractivity contribution in [3.05, 3.63) is 68.2 Å². The van der Waals surface area contributed by atoms with E-state index in [1.54, 1.807) is 12.1 Å². The van der Waals surface area contributed by atoms with Gasteiger partial charge in [-0.3, -0.25) is 14.9 Å². The molecule has 1 N–H and O–H groups in total. The number of carbonyl (C=O) groups excluding carboxylic acids is 1. The third kappa shape index (κ3) is 7.01. The van der Waals surface area contributed by atoms with Crippen LogP contribution in [0.5, 0.6) is 5.75 Å². The van der Waals surface area contributed by atoms with Crippen LogP contribution in [0.3, 0.4) is 0 Å². The summed E-state index contributed by atoms with van der Waals surface area (Å²) in [6.07, 6.45) is 5.72. The Balaban J connectivity index is 2.19. The third-order valence-corrected chi connectivity index (χ3v) is 4.70. The Kier molecular flexibility index (Phi) is 9.03. The number of nitriles is 1. The summed E-state index contributed by atoms with van der Waals surface area (Å²) in [4.78, 5) is 22.9. The lowest BCUT2D eigenvalue weighted by Crippen LogP contribution is -2.13. The first kappa shape index (κ1) is 23.1. The van der Waals surface area contributed by atoms with Crippen molar-refractivity contribution in [3.63, 3.8) is 0 Å². The summed E-state index contributed by atoms with van der Waals surface area (Å²) in [5.74, 6) is -0.0857. The van der Waals surface area contributed by atoms with Crippen LogP contribution in [0.4, 0.5) is 11.4 Å². The number of nitro groups is 1. The Hall–Kier alpha value is -3.18. The largest absolute Gasteiger partial charge is 0.493 e. The molecule has 2 rings (SSSR count). The van der Waals surface area contributed by atoms with Gasteiger partial charge in [-0.2, -0.15) is 5.26 Å². The van der Waals surface area contributed by atoms with Crippen molar-refractivity contribution >= 4 is 39.3 Å². The molecule has 0 radical (unpaired) electrons. The van der Waals surface area contributed by atoms with Gasteiger partial charge < -0.3 is 10.1 Å². The molecular weight excluding hydrogens is 450 g/mol. The molecule has 0 aromatic heterocycles. The first-order valence-corrected chi connectivity index (χ1v) is 10.3. The number of unbranched alkanes of at least 4 members (excludes halogenated alkanes) is 3. The molecule has 0 atom stereocenters. The van der Waals surface area contributed by atoms with Gasteiger partial charge in [0.05, 0.1) is 11.5 Å². The van der Waals surface area contributed by atoms with Gasteiger partial charge in [0.15, 0.2) is 0 Å². The van der Waals surface area contributed by atoms with Crippen LogP contribution >= 0.6 is 15.9 Å². The van der Waals surface area contributed by atoms with Gasteiger partial charge in [0, 0.05) is 27.9 Å². The predicted octanol–water partition coefficient (Wildman–Crippen LogP) is 5.86. The van der Waals surface area contributed by atoms with E-state index in [1.807, 2.05) is 12.1 Å².